The minimum Gasteiger partial charge on any atom is -0.267 e. The number of rotatable bonds is 6. The first-order valence-electron chi connectivity index (χ1n) is 8.30. The largest absolute Gasteiger partial charge is 0.271 e. The number of hydrogen-bond donors (Lipinski definition) is 2. The van der Waals surface area contributed by atoms with Gasteiger partial charge in [-0.15, -0.1) is 0 Å². The van der Waals surface area contributed by atoms with Gasteiger partial charge in [-0.1, -0.05) is 24.3 Å². The quantitative estimate of drug-likeness (QED) is 0.509. The zero-order valence-electron chi connectivity index (χ0n) is 14.7. The highest BCUT2D eigenvalue weighted by Crippen LogP contribution is 2.04. The molecule has 0 aliphatic carbocycles. The van der Waals surface area contributed by atoms with Crippen LogP contribution in [0.15, 0.2) is 83.5 Å². The molecule has 28 heavy (non-hydrogen) atoms. The molecule has 1 aromatic carbocycles. The summed E-state index contributed by atoms with van der Waals surface area (Å²) in [6, 6.07) is 13.7. The Morgan fingerprint density at radius 2 is 1.07 bits per heavy atom. The molecule has 0 fully saturated rings. The first kappa shape index (κ1) is 18.6. The molecule has 0 aliphatic heterocycles. The minimum atomic E-state index is -0.339. The zero-order valence-corrected chi connectivity index (χ0v) is 14.7. The van der Waals surface area contributed by atoms with Crippen LogP contribution in [0.25, 0.3) is 0 Å². The van der Waals surface area contributed by atoms with Crippen molar-refractivity contribution in [2.24, 2.45) is 10.2 Å². The fourth-order valence-corrected chi connectivity index (χ4v) is 2.20. The molecule has 0 spiro atoms. The summed E-state index contributed by atoms with van der Waals surface area (Å²) < 4.78 is 0. The fraction of sp³-hybridized carbons (Fsp3) is 0. The highest BCUT2D eigenvalue weighted by Gasteiger charge is 2.04. The van der Waals surface area contributed by atoms with Gasteiger partial charge in [0.15, 0.2) is 0 Å². The molecule has 3 rings (SSSR count). The Labute approximate surface area is 161 Å². The molecule has 0 unspecified atom stereocenters. The predicted octanol–water partition coefficient (Wildman–Crippen LogP) is 2.00. The van der Waals surface area contributed by atoms with Gasteiger partial charge in [0.25, 0.3) is 11.8 Å². The van der Waals surface area contributed by atoms with Crippen molar-refractivity contribution in [2.45, 2.75) is 0 Å². The topological polar surface area (TPSA) is 109 Å². The first-order valence-corrected chi connectivity index (χ1v) is 8.30. The maximum Gasteiger partial charge on any atom is 0.271 e. The average Bonchev–Trinajstić information content (AvgIpc) is 2.76. The normalized spacial score (nSPS) is 10.9. The molecule has 8 nitrogen and oxygen atoms in total. The number of hydrogen-bond acceptors (Lipinski definition) is 6. The smallest absolute Gasteiger partial charge is 0.267 e. The standard InChI is InChI=1S/C20H16N6O2/c27-19(15-5-9-21-10-6-15)25-23-13-17-3-1-2-4-18(17)14-24-26-20(28)16-7-11-22-12-8-16/h1-14H,(H,25,27)(H,26,28). The van der Waals surface area contributed by atoms with Crippen LogP contribution in [0.1, 0.15) is 31.8 Å². The van der Waals surface area contributed by atoms with E-state index in [-0.39, 0.29) is 11.8 Å². The van der Waals surface area contributed by atoms with Gasteiger partial charge in [-0.05, 0) is 24.3 Å². The second-order valence-electron chi connectivity index (χ2n) is 5.50. The van der Waals surface area contributed by atoms with E-state index in [1.165, 1.54) is 37.2 Å². The van der Waals surface area contributed by atoms with Crippen LogP contribution in [0, 0.1) is 0 Å². The fourth-order valence-electron chi connectivity index (χ4n) is 2.20. The van der Waals surface area contributed by atoms with Crippen LogP contribution in [0.3, 0.4) is 0 Å². The summed E-state index contributed by atoms with van der Waals surface area (Å²) in [7, 11) is 0. The lowest BCUT2D eigenvalue weighted by Gasteiger charge is -2.02. The van der Waals surface area contributed by atoms with E-state index in [1.54, 1.807) is 24.3 Å². The van der Waals surface area contributed by atoms with E-state index in [0.29, 0.717) is 11.1 Å². The number of benzene rings is 1. The molecule has 0 aliphatic rings. The number of amides is 2. The van der Waals surface area contributed by atoms with E-state index in [0.717, 1.165) is 11.1 Å². The average molecular weight is 372 g/mol. The molecule has 138 valence electrons. The van der Waals surface area contributed by atoms with Crippen molar-refractivity contribution in [2.75, 3.05) is 0 Å². The van der Waals surface area contributed by atoms with Crippen LogP contribution in [0.2, 0.25) is 0 Å². The highest BCUT2D eigenvalue weighted by atomic mass is 16.2. The Balaban J connectivity index is 1.62. The predicted molar refractivity (Wildman–Crippen MR) is 105 cm³/mol. The van der Waals surface area contributed by atoms with Crippen LogP contribution in [-0.4, -0.2) is 34.2 Å². The molecule has 2 aromatic heterocycles. The zero-order chi connectivity index (χ0) is 19.6. The summed E-state index contributed by atoms with van der Waals surface area (Å²) in [6.07, 6.45) is 9.14. The number of aromatic nitrogens is 2. The number of nitrogens with zero attached hydrogens (tertiary/aromatic N) is 4. The minimum absolute atomic E-state index is 0.339. The van der Waals surface area contributed by atoms with Gasteiger partial charge >= 0.3 is 0 Å². The van der Waals surface area contributed by atoms with Gasteiger partial charge in [0.1, 0.15) is 0 Å². The molecular formula is C20H16N6O2. The summed E-state index contributed by atoms with van der Waals surface area (Å²) in [5, 5.41) is 7.94. The van der Waals surface area contributed by atoms with Crippen molar-refractivity contribution in [3.63, 3.8) is 0 Å². The maximum absolute atomic E-state index is 12.0. The van der Waals surface area contributed by atoms with Gasteiger partial charge in [0.2, 0.25) is 0 Å². The van der Waals surface area contributed by atoms with E-state index in [2.05, 4.69) is 31.0 Å². The molecule has 2 amide bonds. The lowest BCUT2D eigenvalue weighted by Crippen LogP contribution is -2.18. The van der Waals surface area contributed by atoms with Gasteiger partial charge in [-0.3, -0.25) is 19.6 Å². The number of pyridine rings is 2. The first-order chi connectivity index (χ1) is 13.7. The van der Waals surface area contributed by atoms with E-state index in [9.17, 15) is 9.59 Å². The Morgan fingerprint density at radius 1 is 0.679 bits per heavy atom. The SMILES string of the molecule is O=C(NN=Cc1ccccc1C=NNC(=O)c1ccncc1)c1ccncc1. The Bertz CT molecular complexity index is 921. The summed E-state index contributed by atoms with van der Waals surface area (Å²) in [5.41, 5.74) is 7.27. The third kappa shape index (κ3) is 5.15. The maximum atomic E-state index is 12.0. The van der Waals surface area contributed by atoms with Crippen LogP contribution in [0.4, 0.5) is 0 Å². The second kappa shape index (κ2) is 9.48. The van der Waals surface area contributed by atoms with E-state index >= 15 is 0 Å². The third-order valence-corrected chi connectivity index (χ3v) is 3.62. The Kier molecular flexibility index (Phi) is 6.30. The molecule has 3 aromatic rings. The van der Waals surface area contributed by atoms with E-state index < -0.39 is 0 Å². The van der Waals surface area contributed by atoms with Crippen LogP contribution >= 0.6 is 0 Å². The van der Waals surface area contributed by atoms with Gasteiger partial charge < -0.3 is 0 Å². The molecule has 8 heteroatoms. The monoisotopic (exact) mass is 372 g/mol. The van der Waals surface area contributed by atoms with Crippen LogP contribution < -0.4 is 10.9 Å². The summed E-state index contributed by atoms with van der Waals surface area (Å²) >= 11 is 0. The summed E-state index contributed by atoms with van der Waals surface area (Å²) in [4.78, 5) is 31.7. The van der Waals surface area contributed by atoms with Gasteiger partial charge in [-0.2, -0.15) is 10.2 Å². The summed E-state index contributed by atoms with van der Waals surface area (Å²) in [5.74, 6) is -0.677. The molecule has 0 bridgehead atoms. The molecule has 0 saturated heterocycles. The number of nitrogens with one attached hydrogen (secondary N) is 2. The molecule has 0 saturated carbocycles. The molecule has 2 heterocycles. The number of hydrazone groups is 2. The lowest BCUT2D eigenvalue weighted by atomic mass is 10.1. The van der Waals surface area contributed by atoms with E-state index in [4.69, 9.17) is 0 Å². The molecule has 2 N–H and O–H groups in total. The van der Waals surface area contributed by atoms with Crippen molar-refractivity contribution in [3.8, 4) is 0 Å². The number of carbonyl (C=O) groups is 2. The van der Waals surface area contributed by atoms with Crippen molar-refractivity contribution in [1.82, 2.24) is 20.8 Å². The Morgan fingerprint density at radius 3 is 1.46 bits per heavy atom. The van der Waals surface area contributed by atoms with Crippen molar-refractivity contribution in [3.05, 3.63) is 95.6 Å². The second-order valence-corrected chi connectivity index (χ2v) is 5.50. The van der Waals surface area contributed by atoms with Crippen molar-refractivity contribution in [1.29, 1.82) is 0 Å². The molecular weight excluding hydrogens is 356 g/mol. The van der Waals surface area contributed by atoms with Gasteiger partial charge in [0.05, 0.1) is 12.4 Å². The van der Waals surface area contributed by atoms with Crippen molar-refractivity contribution >= 4 is 24.2 Å². The molecule has 0 atom stereocenters. The van der Waals surface area contributed by atoms with E-state index in [1.807, 2.05) is 24.3 Å². The summed E-state index contributed by atoms with van der Waals surface area (Å²) in [6.45, 7) is 0. The van der Waals surface area contributed by atoms with Crippen LogP contribution in [-0.2, 0) is 0 Å². The highest BCUT2D eigenvalue weighted by molar-refractivity contribution is 5.98. The molecule has 0 radical (unpaired) electrons. The van der Waals surface area contributed by atoms with Gasteiger partial charge in [0, 0.05) is 47.0 Å². The van der Waals surface area contributed by atoms with Gasteiger partial charge in [-0.25, -0.2) is 10.9 Å². The van der Waals surface area contributed by atoms with Crippen molar-refractivity contribution < 1.29 is 9.59 Å². The lowest BCUT2D eigenvalue weighted by molar-refractivity contribution is 0.0947. The Hall–Kier alpha value is -4.20. The number of carbonyl (C=O) groups excluding carboxylic acids is 2. The third-order valence-electron chi connectivity index (χ3n) is 3.62. The van der Waals surface area contributed by atoms with Crippen LogP contribution in [0.5, 0.6) is 0 Å².